The number of aliphatic hydroxyl groups excluding tert-OH is 1. The number of aliphatic hydroxyl groups is 1. The summed E-state index contributed by atoms with van der Waals surface area (Å²) in [6.45, 7) is 6.48. The van der Waals surface area contributed by atoms with Crippen LogP contribution in [0.2, 0.25) is 0 Å². The molecule has 1 amide bonds. The van der Waals surface area contributed by atoms with Gasteiger partial charge in [-0.2, -0.15) is 0 Å². The van der Waals surface area contributed by atoms with Crippen LogP contribution in [0.4, 0.5) is 4.39 Å². The molecule has 1 fully saturated rings. The molecule has 3 rings (SSSR count). The standard InChI is InChI=1S/C25H29FN2O5/c1-5-27(6-2)12-13-28-22(16-8-7-9-18(14-16)32-3)21(24(30)25(28)31)23(29)19-15-17(26)10-11-20(19)33-4/h7-11,14-15,22,29H,5-6,12-13H2,1-4H3/b23-21+. The number of likely N-dealkylation sites (N-methyl/N-ethyl adjacent to an activating group) is 1. The second-order valence-corrected chi connectivity index (χ2v) is 7.64. The summed E-state index contributed by atoms with van der Waals surface area (Å²) in [4.78, 5) is 29.8. The molecule has 0 aromatic heterocycles. The SMILES string of the molecule is CCN(CC)CCN1C(=O)C(=O)/C(=C(/O)c2cc(F)ccc2OC)C1c1cccc(OC)c1. The van der Waals surface area contributed by atoms with Crippen molar-refractivity contribution in [2.75, 3.05) is 40.4 Å². The van der Waals surface area contributed by atoms with Crippen LogP contribution in [0.25, 0.3) is 5.76 Å². The van der Waals surface area contributed by atoms with Gasteiger partial charge in [-0.3, -0.25) is 9.59 Å². The van der Waals surface area contributed by atoms with Gasteiger partial charge in [-0.15, -0.1) is 0 Å². The lowest BCUT2D eigenvalue weighted by Gasteiger charge is -2.28. The van der Waals surface area contributed by atoms with E-state index in [-0.39, 0.29) is 23.4 Å². The number of Topliss-reactive ketones (excluding diaryl/α,β-unsaturated/α-hetero) is 1. The van der Waals surface area contributed by atoms with Crippen molar-refractivity contribution in [1.82, 2.24) is 9.80 Å². The molecule has 0 radical (unpaired) electrons. The number of hydrogen-bond donors (Lipinski definition) is 1. The van der Waals surface area contributed by atoms with E-state index in [0.29, 0.717) is 17.9 Å². The Labute approximate surface area is 193 Å². The van der Waals surface area contributed by atoms with E-state index in [0.717, 1.165) is 19.2 Å². The fraction of sp³-hybridized carbons (Fsp3) is 0.360. The van der Waals surface area contributed by atoms with Gasteiger partial charge in [0.1, 0.15) is 23.1 Å². The second-order valence-electron chi connectivity index (χ2n) is 7.64. The Morgan fingerprint density at radius 2 is 1.82 bits per heavy atom. The Morgan fingerprint density at radius 1 is 1.09 bits per heavy atom. The fourth-order valence-corrected chi connectivity index (χ4v) is 4.07. The molecule has 1 N–H and O–H groups in total. The summed E-state index contributed by atoms with van der Waals surface area (Å²) >= 11 is 0. The average molecular weight is 457 g/mol. The highest BCUT2D eigenvalue weighted by atomic mass is 19.1. The van der Waals surface area contributed by atoms with Gasteiger partial charge in [0.15, 0.2) is 0 Å². The lowest BCUT2D eigenvalue weighted by molar-refractivity contribution is -0.140. The van der Waals surface area contributed by atoms with Gasteiger partial charge >= 0.3 is 0 Å². The number of rotatable bonds is 9. The van der Waals surface area contributed by atoms with Gasteiger partial charge in [0.05, 0.1) is 31.4 Å². The molecule has 0 bridgehead atoms. The van der Waals surface area contributed by atoms with Crippen LogP contribution in [0, 0.1) is 5.82 Å². The van der Waals surface area contributed by atoms with Gasteiger partial charge < -0.3 is 24.4 Å². The lowest BCUT2D eigenvalue weighted by Crippen LogP contribution is -2.38. The Morgan fingerprint density at radius 3 is 2.45 bits per heavy atom. The van der Waals surface area contributed by atoms with E-state index >= 15 is 0 Å². The van der Waals surface area contributed by atoms with Gasteiger partial charge in [0.25, 0.3) is 11.7 Å². The van der Waals surface area contributed by atoms with E-state index in [4.69, 9.17) is 9.47 Å². The van der Waals surface area contributed by atoms with Crippen LogP contribution in [-0.4, -0.2) is 67.0 Å². The van der Waals surface area contributed by atoms with E-state index in [1.807, 2.05) is 13.8 Å². The summed E-state index contributed by atoms with van der Waals surface area (Å²) < 4.78 is 24.6. The number of carbonyl (C=O) groups excluding carboxylic acids is 2. The summed E-state index contributed by atoms with van der Waals surface area (Å²) in [6, 6.07) is 9.77. The minimum Gasteiger partial charge on any atom is -0.507 e. The monoisotopic (exact) mass is 456 g/mol. The first-order valence-electron chi connectivity index (χ1n) is 10.8. The maximum atomic E-state index is 14.0. The number of carbonyl (C=O) groups is 2. The highest BCUT2D eigenvalue weighted by molar-refractivity contribution is 6.46. The van der Waals surface area contributed by atoms with Crippen molar-refractivity contribution >= 4 is 17.4 Å². The number of likely N-dealkylation sites (tertiary alicyclic amines) is 1. The number of hydrogen-bond acceptors (Lipinski definition) is 6. The number of benzene rings is 2. The van der Waals surface area contributed by atoms with E-state index in [2.05, 4.69) is 4.90 Å². The average Bonchev–Trinajstić information content (AvgIpc) is 3.09. The fourth-order valence-electron chi connectivity index (χ4n) is 4.07. The van der Waals surface area contributed by atoms with E-state index < -0.39 is 29.3 Å². The topological polar surface area (TPSA) is 79.3 Å². The molecule has 1 saturated heterocycles. The van der Waals surface area contributed by atoms with Crippen LogP contribution in [0.5, 0.6) is 11.5 Å². The Balaban J connectivity index is 2.18. The van der Waals surface area contributed by atoms with Crippen LogP contribution in [0.1, 0.15) is 31.0 Å². The molecule has 0 saturated carbocycles. The van der Waals surface area contributed by atoms with Crippen LogP contribution in [0.15, 0.2) is 48.0 Å². The molecule has 1 aliphatic heterocycles. The zero-order chi connectivity index (χ0) is 24.1. The second kappa shape index (κ2) is 10.5. The third-order valence-electron chi connectivity index (χ3n) is 5.92. The van der Waals surface area contributed by atoms with Crippen molar-refractivity contribution in [1.29, 1.82) is 0 Å². The molecule has 7 nitrogen and oxygen atoms in total. The van der Waals surface area contributed by atoms with Gasteiger partial charge in [0, 0.05) is 13.1 Å². The molecule has 0 spiro atoms. The summed E-state index contributed by atoms with van der Waals surface area (Å²) in [7, 11) is 2.90. The van der Waals surface area contributed by atoms with Crippen molar-refractivity contribution in [3.05, 3.63) is 65.0 Å². The molecule has 1 aliphatic rings. The first-order chi connectivity index (χ1) is 15.9. The Bertz CT molecular complexity index is 1060. The largest absolute Gasteiger partial charge is 0.507 e. The molecule has 2 aromatic rings. The first-order valence-corrected chi connectivity index (χ1v) is 10.8. The maximum absolute atomic E-state index is 14.0. The van der Waals surface area contributed by atoms with E-state index in [1.165, 1.54) is 31.3 Å². The molecule has 8 heteroatoms. The van der Waals surface area contributed by atoms with Crippen LogP contribution >= 0.6 is 0 Å². The minimum atomic E-state index is -0.858. The normalized spacial score (nSPS) is 17.6. The Kier molecular flexibility index (Phi) is 7.71. The van der Waals surface area contributed by atoms with Crippen molar-refractivity contribution < 1.29 is 28.6 Å². The number of ether oxygens (including phenoxy) is 2. The predicted octanol–water partition coefficient (Wildman–Crippen LogP) is 3.61. The van der Waals surface area contributed by atoms with Gasteiger partial charge in [-0.1, -0.05) is 26.0 Å². The third kappa shape index (κ3) is 4.85. The molecule has 176 valence electrons. The number of halogens is 1. The molecular weight excluding hydrogens is 427 g/mol. The Hall–Kier alpha value is -3.39. The quantitative estimate of drug-likeness (QED) is 0.353. The van der Waals surface area contributed by atoms with Gasteiger partial charge in [0.2, 0.25) is 0 Å². The number of ketones is 1. The van der Waals surface area contributed by atoms with Crippen molar-refractivity contribution in [2.24, 2.45) is 0 Å². The molecule has 1 unspecified atom stereocenters. The third-order valence-corrected chi connectivity index (χ3v) is 5.92. The predicted molar refractivity (Wildman–Crippen MR) is 123 cm³/mol. The van der Waals surface area contributed by atoms with Gasteiger partial charge in [-0.05, 0) is 49.0 Å². The number of nitrogens with zero attached hydrogens (tertiary/aromatic N) is 2. The summed E-state index contributed by atoms with van der Waals surface area (Å²) in [5.74, 6) is -1.90. The zero-order valence-corrected chi connectivity index (χ0v) is 19.3. The summed E-state index contributed by atoms with van der Waals surface area (Å²) in [5, 5.41) is 11.2. The van der Waals surface area contributed by atoms with Crippen molar-refractivity contribution in [3.8, 4) is 11.5 Å². The van der Waals surface area contributed by atoms with Crippen LogP contribution < -0.4 is 9.47 Å². The number of methoxy groups -OCH3 is 2. The van der Waals surface area contributed by atoms with Crippen molar-refractivity contribution in [3.63, 3.8) is 0 Å². The first kappa shape index (κ1) is 24.3. The molecule has 1 atom stereocenters. The molecular formula is C25H29FN2O5. The number of amides is 1. The molecule has 1 heterocycles. The van der Waals surface area contributed by atoms with Gasteiger partial charge in [-0.25, -0.2) is 4.39 Å². The van der Waals surface area contributed by atoms with Crippen molar-refractivity contribution in [2.45, 2.75) is 19.9 Å². The lowest BCUT2D eigenvalue weighted by atomic mass is 9.94. The minimum absolute atomic E-state index is 0.00661. The highest BCUT2D eigenvalue weighted by Gasteiger charge is 2.46. The zero-order valence-electron chi connectivity index (χ0n) is 19.3. The summed E-state index contributed by atoms with van der Waals surface area (Å²) in [6.07, 6.45) is 0. The molecule has 33 heavy (non-hydrogen) atoms. The van der Waals surface area contributed by atoms with E-state index in [9.17, 15) is 19.1 Å². The smallest absolute Gasteiger partial charge is 0.295 e. The maximum Gasteiger partial charge on any atom is 0.295 e. The highest BCUT2D eigenvalue weighted by Crippen LogP contribution is 2.41. The van der Waals surface area contributed by atoms with E-state index in [1.54, 1.807) is 24.3 Å². The molecule has 2 aromatic carbocycles. The van der Waals surface area contributed by atoms with Crippen LogP contribution in [-0.2, 0) is 9.59 Å². The molecule has 0 aliphatic carbocycles. The summed E-state index contributed by atoms with van der Waals surface area (Å²) in [5.41, 5.74) is 0.494. The van der Waals surface area contributed by atoms with Crippen LogP contribution in [0.3, 0.4) is 0 Å².